The van der Waals surface area contributed by atoms with Crippen LogP contribution in [0.2, 0.25) is 0 Å². The van der Waals surface area contributed by atoms with Crippen molar-refractivity contribution in [3.05, 3.63) is 118 Å². The van der Waals surface area contributed by atoms with E-state index in [1.807, 2.05) is 78.9 Å². The summed E-state index contributed by atoms with van der Waals surface area (Å²) in [5, 5.41) is 9.38. The van der Waals surface area contributed by atoms with E-state index in [0.717, 1.165) is 88.0 Å². The minimum atomic E-state index is -1.17. The molecule has 4 unspecified atom stereocenters. The molecule has 0 bridgehead atoms. The first-order chi connectivity index (χ1) is 31.6. The lowest BCUT2D eigenvalue weighted by molar-refractivity contribution is -0.158. The Morgan fingerprint density at radius 3 is 1.79 bits per heavy atom. The van der Waals surface area contributed by atoms with E-state index in [0.29, 0.717) is 17.4 Å². The molecule has 1 N–H and O–H groups in total. The molecule has 0 saturated carbocycles. The van der Waals surface area contributed by atoms with Crippen LogP contribution in [0.3, 0.4) is 0 Å². The van der Waals surface area contributed by atoms with Crippen LogP contribution in [0.1, 0.15) is 151 Å². The Bertz CT molecular complexity index is 2080. The molecule has 66 heavy (non-hydrogen) atoms. The van der Waals surface area contributed by atoms with Crippen molar-refractivity contribution in [3.8, 4) is 23.0 Å². The first kappa shape index (κ1) is 52.0. The normalized spacial score (nSPS) is 16.2. The molecule has 4 atom stereocenters. The second kappa shape index (κ2) is 24.7. The number of rotatable bonds is 27. The van der Waals surface area contributed by atoms with Crippen LogP contribution in [0, 0.1) is 38.5 Å². The topological polar surface area (TPSA) is 110 Å². The number of methoxy groups -OCH3 is 2. The van der Waals surface area contributed by atoms with E-state index < -0.39 is 23.6 Å². The third-order valence-electron chi connectivity index (χ3n) is 13.8. The Kier molecular flexibility index (Phi) is 19.4. The Balaban J connectivity index is 1.34. The maximum Gasteiger partial charge on any atom is 0.306 e. The van der Waals surface area contributed by atoms with Crippen LogP contribution in [-0.2, 0) is 31.1 Å². The molecule has 0 spiro atoms. The highest BCUT2D eigenvalue weighted by Gasteiger charge is 2.40. The van der Waals surface area contributed by atoms with Gasteiger partial charge in [0.1, 0.15) is 40.8 Å². The Hall–Kier alpha value is -5.02. The summed E-state index contributed by atoms with van der Waals surface area (Å²) in [6.45, 7) is 17.9. The van der Waals surface area contributed by atoms with Gasteiger partial charge in [-0.15, -0.1) is 0 Å². The number of fused-ring (bicyclic) bond motifs is 1. The predicted octanol–water partition coefficient (Wildman–Crippen LogP) is 13.3. The van der Waals surface area contributed by atoms with E-state index >= 15 is 0 Å². The van der Waals surface area contributed by atoms with Gasteiger partial charge >= 0.3 is 11.9 Å². The molecule has 0 aromatic heterocycles. The molecule has 9 heteroatoms. The third kappa shape index (κ3) is 14.0. The van der Waals surface area contributed by atoms with E-state index in [2.05, 4.69) is 55.4 Å². The fraction of sp³-hybridized carbons (Fsp3) is 0.544. The zero-order valence-corrected chi connectivity index (χ0v) is 41.6. The van der Waals surface area contributed by atoms with Crippen LogP contribution in [0.4, 0.5) is 0 Å². The highest BCUT2D eigenvalue weighted by Crippen LogP contribution is 2.46. The number of aliphatic carboxylic acids is 1. The molecule has 0 aliphatic carbocycles. The monoisotopic (exact) mass is 907 g/mol. The molecule has 9 nitrogen and oxygen atoms in total. The van der Waals surface area contributed by atoms with Crippen LogP contribution in [0.5, 0.6) is 23.0 Å². The Morgan fingerprint density at radius 1 is 0.697 bits per heavy atom. The van der Waals surface area contributed by atoms with E-state index in [9.17, 15) is 14.7 Å². The quantitative estimate of drug-likeness (QED) is 0.0462. The van der Waals surface area contributed by atoms with Crippen molar-refractivity contribution in [2.24, 2.45) is 17.8 Å². The van der Waals surface area contributed by atoms with Gasteiger partial charge in [-0.25, -0.2) is 0 Å². The van der Waals surface area contributed by atoms with E-state index in [1.54, 1.807) is 14.2 Å². The number of carboxylic acids is 1. The van der Waals surface area contributed by atoms with Crippen LogP contribution in [0.15, 0.2) is 78.9 Å². The molecule has 4 aromatic carbocycles. The summed E-state index contributed by atoms with van der Waals surface area (Å²) in [5.41, 5.74) is 5.25. The fourth-order valence-electron chi connectivity index (χ4n) is 9.52. The first-order valence-electron chi connectivity index (χ1n) is 24.4. The van der Waals surface area contributed by atoms with Gasteiger partial charge in [0.15, 0.2) is 6.10 Å². The summed E-state index contributed by atoms with van der Waals surface area (Å²) in [5.74, 6) is 3.67. The summed E-state index contributed by atoms with van der Waals surface area (Å²) in [4.78, 5) is 24.7. The van der Waals surface area contributed by atoms with Gasteiger partial charge in [-0.1, -0.05) is 127 Å². The van der Waals surface area contributed by atoms with Gasteiger partial charge in [0, 0.05) is 5.56 Å². The zero-order chi connectivity index (χ0) is 47.9. The van der Waals surface area contributed by atoms with E-state index in [1.165, 1.54) is 44.9 Å². The van der Waals surface area contributed by atoms with Gasteiger partial charge in [-0.05, 0) is 129 Å². The molecule has 4 aromatic rings. The summed E-state index contributed by atoms with van der Waals surface area (Å²) >= 11 is 0. The van der Waals surface area contributed by atoms with Gasteiger partial charge in [-0.3, -0.25) is 9.59 Å². The maximum atomic E-state index is 13.3. The molecular weight excluding hydrogens is 829 g/mol. The van der Waals surface area contributed by atoms with Gasteiger partial charge < -0.3 is 33.5 Å². The third-order valence-corrected chi connectivity index (χ3v) is 13.8. The SMILES string of the molecule is COc1ccc(C(OCC(COc2c(C)c(C)c3c(c2C)CCC(C)(CCCC(C)CCCC(C)CCCC(C)C)O3)OC(=O)CCC(=O)O)(c2ccccc2)c2ccc(OC)cc2)cc1. The minimum absolute atomic E-state index is 0.0252. The minimum Gasteiger partial charge on any atom is -0.497 e. The second-order valence-corrected chi connectivity index (χ2v) is 19.6. The number of esters is 1. The van der Waals surface area contributed by atoms with Crippen molar-refractivity contribution in [1.82, 2.24) is 0 Å². The highest BCUT2D eigenvalue weighted by molar-refractivity contribution is 5.76. The molecule has 1 aliphatic rings. The summed E-state index contributed by atoms with van der Waals surface area (Å²) in [6.07, 6.45) is 11.6. The molecule has 360 valence electrons. The van der Waals surface area contributed by atoms with Crippen molar-refractivity contribution in [2.45, 2.75) is 156 Å². The number of carbonyl (C=O) groups is 2. The smallest absolute Gasteiger partial charge is 0.306 e. The van der Waals surface area contributed by atoms with Crippen LogP contribution >= 0.6 is 0 Å². The number of hydrogen-bond acceptors (Lipinski definition) is 8. The number of carbonyl (C=O) groups excluding carboxylic acids is 1. The lowest BCUT2D eigenvalue weighted by Crippen LogP contribution is -2.39. The molecule has 0 radical (unpaired) electrons. The van der Waals surface area contributed by atoms with Gasteiger partial charge in [-0.2, -0.15) is 0 Å². The molecule has 1 heterocycles. The van der Waals surface area contributed by atoms with Gasteiger partial charge in [0.05, 0.1) is 33.7 Å². The molecule has 1 aliphatic heterocycles. The summed E-state index contributed by atoms with van der Waals surface area (Å²) in [7, 11) is 3.25. The number of benzene rings is 4. The average molecular weight is 907 g/mol. The maximum absolute atomic E-state index is 13.3. The lowest BCUT2D eigenvalue weighted by atomic mass is 9.80. The van der Waals surface area contributed by atoms with Gasteiger partial charge in [0.2, 0.25) is 0 Å². The summed E-state index contributed by atoms with van der Waals surface area (Å²) < 4.78 is 37.9. The van der Waals surface area contributed by atoms with Crippen molar-refractivity contribution in [3.63, 3.8) is 0 Å². The average Bonchev–Trinajstić information content (AvgIpc) is 3.30. The van der Waals surface area contributed by atoms with Crippen LogP contribution < -0.4 is 18.9 Å². The molecule has 0 saturated heterocycles. The molecular formula is C57H78O9. The first-order valence-corrected chi connectivity index (χ1v) is 24.4. The standard InChI is InChI=1S/C57H78O9/c1-39(2)17-14-18-40(3)19-15-20-41(4)21-16-35-56(8)36-34-51-44(7)54(42(5)43(6)55(51)66-56)63-37-50(65-53(60)33-32-52(58)59)38-64-57(45-22-12-11-13-23-45,46-24-28-48(61-9)29-25-46)47-26-30-49(62-10)31-27-47/h11-13,22-31,39-41,50H,14-21,32-38H2,1-10H3,(H,58,59). The Morgan fingerprint density at radius 2 is 1.24 bits per heavy atom. The molecule has 0 amide bonds. The molecule has 0 fully saturated rings. The van der Waals surface area contributed by atoms with E-state index in [-0.39, 0.29) is 31.7 Å². The highest BCUT2D eigenvalue weighted by atomic mass is 16.6. The van der Waals surface area contributed by atoms with Crippen molar-refractivity contribution in [2.75, 3.05) is 27.4 Å². The number of ether oxygens (including phenoxy) is 6. The van der Waals surface area contributed by atoms with Crippen molar-refractivity contribution < 1.29 is 43.1 Å². The molecule has 5 rings (SSSR count). The van der Waals surface area contributed by atoms with Crippen molar-refractivity contribution >= 4 is 11.9 Å². The van der Waals surface area contributed by atoms with Crippen LogP contribution in [0.25, 0.3) is 0 Å². The van der Waals surface area contributed by atoms with Crippen molar-refractivity contribution in [1.29, 1.82) is 0 Å². The zero-order valence-electron chi connectivity index (χ0n) is 41.6. The second-order valence-electron chi connectivity index (χ2n) is 19.6. The fourth-order valence-corrected chi connectivity index (χ4v) is 9.52. The number of carboxylic acid groups (broad SMARTS) is 1. The van der Waals surface area contributed by atoms with Gasteiger partial charge in [0.25, 0.3) is 0 Å². The van der Waals surface area contributed by atoms with Crippen LogP contribution in [-0.4, -0.2) is 56.2 Å². The van der Waals surface area contributed by atoms with E-state index in [4.69, 9.17) is 28.4 Å². The lowest BCUT2D eigenvalue weighted by Gasteiger charge is -2.39. The largest absolute Gasteiger partial charge is 0.497 e. The Labute approximate surface area is 395 Å². The summed E-state index contributed by atoms with van der Waals surface area (Å²) in [6, 6.07) is 25.3. The predicted molar refractivity (Wildman–Crippen MR) is 263 cm³/mol. The number of hydrogen-bond donors (Lipinski definition) is 1.